The Morgan fingerprint density at radius 1 is 1.62 bits per heavy atom. The highest BCUT2D eigenvalue weighted by Gasteiger charge is 2.14. The van der Waals surface area contributed by atoms with E-state index < -0.39 is 12.1 Å². The molecular weight excluding hydrogens is 214 g/mol. The molecule has 1 rings (SSSR count). The lowest BCUT2D eigenvalue weighted by Gasteiger charge is -2.19. The van der Waals surface area contributed by atoms with E-state index in [9.17, 15) is 9.90 Å². The molecule has 2 N–H and O–H groups in total. The van der Waals surface area contributed by atoms with Crippen molar-refractivity contribution in [2.24, 2.45) is 0 Å². The van der Waals surface area contributed by atoms with Gasteiger partial charge in [-0.2, -0.15) is 0 Å². The molecule has 0 aromatic carbocycles. The molecule has 1 aromatic rings. The zero-order valence-electron chi connectivity index (χ0n) is 9.21. The summed E-state index contributed by atoms with van der Waals surface area (Å²) < 4.78 is 9.84. The Bertz CT molecular complexity index is 349. The van der Waals surface area contributed by atoms with Crippen molar-refractivity contribution >= 4 is 11.9 Å². The van der Waals surface area contributed by atoms with Crippen LogP contribution < -0.4 is 4.90 Å². The lowest BCUT2D eigenvalue weighted by atomic mass is 10.3. The predicted octanol–water partition coefficient (Wildman–Crippen LogP) is 0.421. The number of likely N-dealkylation sites (N-methyl/N-ethyl adjacent to an activating group) is 1. The molecule has 0 saturated heterocycles. The summed E-state index contributed by atoms with van der Waals surface area (Å²) in [5.74, 6) is -0.840. The predicted molar refractivity (Wildman–Crippen MR) is 56.8 cm³/mol. The molecule has 90 valence electrons. The van der Waals surface area contributed by atoms with Crippen LogP contribution in [0.25, 0.3) is 0 Å². The number of ether oxygens (including phenoxy) is 1. The van der Waals surface area contributed by atoms with Crippen LogP contribution in [0.5, 0.6) is 0 Å². The summed E-state index contributed by atoms with van der Waals surface area (Å²) in [6.45, 7) is 0.525. The van der Waals surface area contributed by atoms with Gasteiger partial charge < -0.3 is 24.3 Å². The number of hydrogen-bond donors (Lipinski definition) is 2. The summed E-state index contributed by atoms with van der Waals surface area (Å²) in [4.78, 5) is 12.2. The third kappa shape index (κ3) is 3.25. The minimum Gasteiger partial charge on any atom is -0.475 e. The van der Waals surface area contributed by atoms with Gasteiger partial charge in [0.2, 0.25) is 5.76 Å². The number of furan rings is 1. The maximum absolute atomic E-state index is 10.6. The largest absolute Gasteiger partial charge is 0.475 e. The number of anilines is 1. The number of rotatable bonds is 6. The Morgan fingerprint density at radius 2 is 2.31 bits per heavy atom. The van der Waals surface area contributed by atoms with Gasteiger partial charge in [0.15, 0.2) is 5.88 Å². The highest BCUT2D eigenvalue weighted by molar-refractivity contribution is 5.84. The van der Waals surface area contributed by atoms with Gasteiger partial charge in [-0.05, 0) is 6.07 Å². The first-order valence-electron chi connectivity index (χ1n) is 4.76. The minimum atomic E-state index is -1.11. The van der Waals surface area contributed by atoms with E-state index in [1.54, 1.807) is 18.0 Å². The molecular formula is C10H15NO5. The van der Waals surface area contributed by atoms with Gasteiger partial charge in [0, 0.05) is 26.8 Å². The Morgan fingerprint density at radius 3 is 2.81 bits per heavy atom. The monoisotopic (exact) mass is 229 g/mol. The van der Waals surface area contributed by atoms with Crippen molar-refractivity contribution in [3.05, 3.63) is 17.9 Å². The molecule has 0 amide bonds. The Hall–Kier alpha value is -1.53. The van der Waals surface area contributed by atoms with E-state index in [4.69, 9.17) is 14.3 Å². The maximum Gasteiger partial charge on any atom is 0.371 e. The molecule has 1 atom stereocenters. The lowest BCUT2D eigenvalue weighted by Crippen LogP contribution is -2.31. The number of aromatic carboxylic acids is 1. The zero-order chi connectivity index (χ0) is 12.1. The molecule has 0 fully saturated rings. The highest BCUT2D eigenvalue weighted by atomic mass is 16.5. The first-order chi connectivity index (χ1) is 7.54. The standard InChI is InChI=1S/C10H15NO5/c1-11(5-7(12)6-15-2)9-4-3-8(16-9)10(13)14/h3-4,7,12H,5-6H2,1-2H3,(H,13,14). The SMILES string of the molecule is COCC(O)CN(C)c1ccc(C(=O)O)o1. The molecule has 0 aliphatic carbocycles. The van der Waals surface area contributed by atoms with Crippen molar-refractivity contribution < 1.29 is 24.2 Å². The summed E-state index contributed by atoms with van der Waals surface area (Å²) in [7, 11) is 3.20. The number of methoxy groups -OCH3 is 1. The molecule has 6 heteroatoms. The molecule has 0 bridgehead atoms. The van der Waals surface area contributed by atoms with Crippen molar-refractivity contribution in [2.45, 2.75) is 6.10 Å². The van der Waals surface area contributed by atoms with E-state index in [2.05, 4.69) is 0 Å². The van der Waals surface area contributed by atoms with Crippen LogP contribution in [0.4, 0.5) is 5.88 Å². The lowest BCUT2D eigenvalue weighted by molar-refractivity contribution is 0.0659. The van der Waals surface area contributed by atoms with E-state index in [0.717, 1.165) is 0 Å². The number of carbonyl (C=O) groups is 1. The second-order valence-electron chi connectivity index (χ2n) is 3.43. The number of hydrogen-bond acceptors (Lipinski definition) is 5. The Kier molecular flexibility index (Phi) is 4.33. The van der Waals surface area contributed by atoms with E-state index in [0.29, 0.717) is 12.4 Å². The van der Waals surface area contributed by atoms with Crippen molar-refractivity contribution in [1.29, 1.82) is 0 Å². The Labute approximate surface area is 93.0 Å². The quantitative estimate of drug-likeness (QED) is 0.735. The van der Waals surface area contributed by atoms with Gasteiger partial charge in [-0.15, -0.1) is 0 Å². The van der Waals surface area contributed by atoms with Crippen LogP contribution in [0.15, 0.2) is 16.5 Å². The molecule has 1 unspecified atom stereocenters. The average Bonchev–Trinajstić information content (AvgIpc) is 2.66. The van der Waals surface area contributed by atoms with Gasteiger partial charge in [-0.25, -0.2) is 4.79 Å². The second-order valence-corrected chi connectivity index (χ2v) is 3.43. The maximum atomic E-state index is 10.6. The van der Waals surface area contributed by atoms with Crippen molar-refractivity contribution in [3.63, 3.8) is 0 Å². The topological polar surface area (TPSA) is 83.1 Å². The van der Waals surface area contributed by atoms with E-state index in [1.807, 2.05) is 0 Å². The number of carboxylic acids is 1. The number of aliphatic hydroxyl groups excluding tert-OH is 1. The van der Waals surface area contributed by atoms with Crippen LogP contribution in [0.1, 0.15) is 10.6 Å². The zero-order valence-corrected chi connectivity index (χ0v) is 9.21. The van der Waals surface area contributed by atoms with Crippen LogP contribution >= 0.6 is 0 Å². The number of carboxylic acid groups (broad SMARTS) is 1. The minimum absolute atomic E-state index is 0.122. The molecule has 0 spiro atoms. The van der Waals surface area contributed by atoms with Gasteiger partial charge >= 0.3 is 5.97 Å². The summed E-state index contributed by atoms with van der Waals surface area (Å²) in [5, 5.41) is 18.1. The van der Waals surface area contributed by atoms with Crippen molar-refractivity contribution in [3.8, 4) is 0 Å². The van der Waals surface area contributed by atoms with Gasteiger partial charge in [-0.3, -0.25) is 0 Å². The van der Waals surface area contributed by atoms with Gasteiger partial charge in [-0.1, -0.05) is 0 Å². The molecule has 0 aliphatic heterocycles. The second kappa shape index (κ2) is 5.53. The van der Waals surface area contributed by atoms with Gasteiger partial charge in [0.25, 0.3) is 0 Å². The summed E-state index contributed by atoms with van der Waals surface area (Å²) in [6, 6.07) is 2.92. The molecule has 0 aliphatic rings. The number of aliphatic hydroxyl groups is 1. The van der Waals surface area contributed by atoms with E-state index >= 15 is 0 Å². The summed E-state index contributed by atoms with van der Waals surface area (Å²) >= 11 is 0. The van der Waals surface area contributed by atoms with Crippen LogP contribution in [-0.2, 0) is 4.74 Å². The van der Waals surface area contributed by atoms with Gasteiger partial charge in [0.05, 0.1) is 12.7 Å². The first-order valence-corrected chi connectivity index (χ1v) is 4.76. The fourth-order valence-electron chi connectivity index (χ4n) is 1.30. The van der Waals surface area contributed by atoms with Gasteiger partial charge in [0.1, 0.15) is 0 Å². The first kappa shape index (κ1) is 12.5. The Balaban J connectivity index is 2.58. The van der Waals surface area contributed by atoms with E-state index in [1.165, 1.54) is 13.2 Å². The molecule has 1 heterocycles. The molecule has 6 nitrogen and oxygen atoms in total. The number of nitrogens with zero attached hydrogens (tertiary/aromatic N) is 1. The van der Waals surface area contributed by atoms with Crippen LogP contribution in [0, 0.1) is 0 Å². The third-order valence-corrected chi connectivity index (χ3v) is 2.02. The fourth-order valence-corrected chi connectivity index (χ4v) is 1.30. The highest BCUT2D eigenvalue weighted by Crippen LogP contribution is 2.17. The average molecular weight is 229 g/mol. The summed E-state index contributed by atoms with van der Waals surface area (Å²) in [5.41, 5.74) is 0. The van der Waals surface area contributed by atoms with Crippen molar-refractivity contribution in [2.75, 3.05) is 32.2 Å². The van der Waals surface area contributed by atoms with Crippen LogP contribution in [0.2, 0.25) is 0 Å². The van der Waals surface area contributed by atoms with Crippen molar-refractivity contribution in [1.82, 2.24) is 0 Å². The smallest absolute Gasteiger partial charge is 0.371 e. The third-order valence-electron chi connectivity index (χ3n) is 2.02. The molecule has 0 radical (unpaired) electrons. The summed E-state index contributed by atoms with van der Waals surface area (Å²) in [6.07, 6.45) is -0.645. The van der Waals surface area contributed by atoms with Crippen LogP contribution in [0.3, 0.4) is 0 Å². The van der Waals surface area contributed by atoms with Crippen LogP contribution in [-0.4, -0.2) is 49.6 Å². The molecule has 0 saturated carbocycles. The van der Waals surface area contributed by atoms with E-state index in [-0.39, 0.29) is 12.4 Å². The fraction of sp³-hybridized carbons (Fsp3) is 0.500. The normalized spacial score (nSPS) is 12.4. The molecule has 16 heavy (non-hydrogen) atoms. The molecule has 1 aromatic heterocycles.